The van der Waals surface area contributed by atoms with Crippen LogP contribution in [0.4, 0.5) is 8.78 Å². The summed E-state index contributed by atoms with van der Waals surface area (Å²) in [5.74, 6) is -1.08. The first-order valence-corrected chi connectivity index (χ1v) is 16.0. The number of amides is 1. The van der Waals surface area contributed by atoms with Crippen LogP contribution in [0.3, 0.4) is 0 Å². The fourth-order valence-electron chi connectivity index (χ4n) is 5.29. The van der Waals surface area contributed by atoms with Gasteiger partial charge in [0, 0.05) is 24.4 Å². The molecule has 0 bridgehead atoms. The molecule has 1 saturated carbocycles. The summed E-state index contributed by atoms with van der Waals surface area (Å²) in [5.41, 5.74) is 2.39. The Bertz CT molecular complexity index is 1680. The number of carbonyl (C=O) groups excluding carboxylic acids is 1. The molecule has 0 saturated heterocycles. The lowest BCUT2D eigenvalue weighted by molar-refractivity contribution is 0.0618. The van der Waals surface area contributed by atoms with Gasteiger partial charge in [-0.25, -0.2) is 17.2 Å². The monoisotopic (exact) mass is 603 g/mol. The molecule has 1 aromatic heterocycles. The van der Waals surface area contributed by atoms with Gasteiger partial charge in [0.1, 0.15) is 22.3 Å². The molecule has 0 unspecified atom stereocenters. The molecule has 210 valence electrons. The molecule has 0 N–H and O–H groups in total. The minimum Gasteiger partial charge on any atom is -0.496 e. The number of sulfone groups is 1. The third kappa shape index (κ3) is 5.60. The average molecular weight is 604 g/mol. The lowest BCUT2D eigenvalue weighted by atomic mass is 9.93. The van der Waals surface area contributed by atoms with Crippen molar-refractivity contribution in [3.05, 3.63) is 81.7 Å². The van der Waals surface area contributed by atoms with Gasteiger partial charge >= 0.3 is 0 Å². The Kier molecular flexibility index (Phi) is 8.17. The van der Waals surface area contributed by atoms with E-state index in [2.05, 4.69) is 0 Å². The zero-order valence-corrected chi connectivity index (χ0v) is 24.4. The molecule has 1 heterocycles. The number of rotatable bonds is 7. The molecule has 1 aliphatic rings. The number of nitrogens with zero attached hydrogens (tertiary/aromatic N) is 1. The van der Waals surface area contributed by atoms with E-state index in [1.807, 2.05) is 18.2 Å². The maximum absolute atomic E-state index is 14.6. The predicted octanol–water partition coefficient (Wildman–Crippen LogP) is 7.89. The standard InChI is InChI=1S/C30H28ClF2NO4S2/c1-38-25-15-10-19(18-8-11-22(12-9-18)40(2,36)37)16-20(25)17-34(21-6-4-3-5-7-21)30(35)29-27(31)26-23(32)13-14-24(33)28(26)39-29/h8-16,21H,3-7,17H2,1-2H3. The highest BCUT2D eigenvalue weighted by Gasteiger charge is 2.31. The van der Waals surface area contributed by atoms with Crippen molar-refractivity contribution in [3.63, 3.8) is 0 Å². The van der Waals surface area contributed by atoms with Crippen LogP contribution < -0.4 is 4.74 Å². The minimum absolute atomic E-state index is 0.0223. The Morgan fingerprint density at radius 2 is 1.65 bits per heavy atom. The lowest BCUT2D eigenvalue weighted by Crippen LogP contribution is -2.40. The Balaban J connectivity index is 1.55. The van der Waals surface area contributed by atoms with Gasteiger partial charge in [0.05, 0.1) is 27.1 Å². The van der Waals surface area contributed by atoms with Gasteiger partial charge in [-0.15, -0.1) is 11.3 Å². The first-order valence-electron chi connectivity index (χ1n) is 12.9. The third-order valence-electron chi connectivity index (χ3n) is 7.39. The number of ether oxygens (including phenoxy) is 1. The second-order valence-corrected chi connectivity index (χ2v) is 13.4. The van der Waals surface area contributed by atoms with E-state index in [-0.39, 0.29) is 43.4 Å². The van der Waals surface area contributed by atoms with Gasteiger partial charge in [-0.3, -0.25) is 4.79 Å². The van der Waals surface area contributed by atoms with E-state index in [0.29, 0.717) is 5.75 Å². The van der Waals surface area contributed by atoms with Crippen LogP contribution in [0.25, 0.3) is 21.2 Å². The molecule has 1 fully saturated rings. The highest BCUT2D eigenvalue weighted by Crippen LogP contribution is 2.40. The smallest absolute Gasteiger partial charge is 0.266 e. The molecule has 5 nitrogen and oxygen atoms in total. The van der Waals surface area contributed by atoms with Gasteiger partial charge in [0.2, 0.25) is 0 Å². The molecule has 40 heavy (non-hydrogen) atoms. The van der Waals surface area contributed by atoms with E-state index in [1.165, 1.54) is 0 Å². The van der Waals surface area contributed by atoms with Crippen LogP contribution in [-0.2, 0) is 16.4 Å². The van der Waals surface area contributed by atoms with Crippen LogP contribution in [0.15, 0.2) is 59.5 Å². The number of fused-ring (bicyclic) bond motifs is 1. The molecule has 0 radical (unpaired) electrons. The summed E-state index contributed by atoms with van der Waals surface area (Å²) in [6.45, 7) is 0.206. The molecular weight excluding hydrogens is 576 g/mol. The van der Waals surface area contributed by atoms with Crippen molar-refractivity contribution in [2.45, 2.75) is 49.6 Å². The Labute approximate surface area is 241 Å². The first-order chi connectivity index (χ1) is 19.1. The van der Waals surface area contributed by atoms with Crippen LogP contribution in [0.1, 0.15) is 47.3 Å². The van der Waals surface area contributed by atoms with Gasteiger partial charge in [-0.2, -0.15) is 0 Å². The summed E-state index contributed by atoms with van der Waals surface area (Å²) < 4.78 is 58.5. The summed E-state index contributed by atoms with van der Waals surface area (Å²) in [6.07, 6.45) is 5.82. The van der Waals surface area contributed by atoms with E-state index in [4.69, 9.17) is 16.3 Å². The topological polar surface area (TPSA) is 63.7 Å². The van der Waals surface area contributed by atoms with Gasteiger partial charge in [-0.05, 0) is 60.4 Å². The van der Waals surface area contributed by atoms with E-state index < -0.39 is 21.5 Å². The van der Waals surface area contributed by atoms with Crippen molar-refractivity contribution in [2.24, 2.45) is 0 Å². The number of thiophene rings is 1. The highest BCUT2D eigenvalue weighted by molar-refractivity contribution is 7.90. The molecule has 10 heteroatoms. The maximum Gasteiger partial charge on any atom is 0.266 e. The van der Waals surface area contributed by atoms with E-state index >= 15 is 0 Å². The summed E-state index contributed by atoms with van der Waals surface area (Å²) in [6, 6.07) is 14.2. The van der Waals surface area contributed by atoms with Gasteiger partial charge in [0.15, 0.2) is 9.84 Å². The molecular formula is C30H28ClF2NO4S2. The number of methoxy groups -OCH3 is 1. The molecule has 0 spiro atoms. The van der Waals surface area contributed by atoms with Crippen LogP contribution in [-0.4, -0.2) is 38.6 Å². The Morgan fingerprint density at radius 3 is 2.27 bits per heavy atom. The zero-order chi connectivity index (χ0) is 28.6. The number of halogens is 3. The van der Waals surface area contributed by atoms with Crippen molar-refractivity contribution in [1.82, 2.24) is 4.90 Å². The van der Waals surface area contributed by atoms with Crippen LogP contribution in [0.2, 0.25) is 5.02 Å². The molecule has 1 aliphatic carbocycles. The minimum atomic E-state index is -3.32. The predicted molar refractivity (Wildman–Crippen MR) is 155 cm³/mol. The quantitative estimate of drug-likeness (QED) is 0.215. The summed E-state index contributed by atoms with van der Waals surface area (Å²) in [4.78, 5) is 16.1. The largest absolute Gasteiger partial charge is 0.496 e. The maximum atomic E-state index is 14.6. The summed E-state index contributed by atoms with van der Waals surface area (Å²) in [7, 11) is -1.77. The molecule has 3 aromatic carbocycles. The fraction of sp³-hybridized carbons (Fsp3) is 0.300. The van der Waals surface area contributed by atoms with Crippen molar-refractivity contribution < 1.29 is 26.7 Å². The van der Waals surface area contributed by atoms with Gasteiger partial charge in [0.25, 0.3) is 5.91 Å². The van der Waals surface area contributed by atoms with Crippen molar-refractivity contribution in [2.75, 3.05) is 13.4 Å². The number of hydrogen-bond donors (Lipinski definition) is 0. The molecule has 0 aliphatic heterocycles. The summed E-state index contributed by atoms with van der Waals surface area (Å²) in [5, 5.41) is -0.148. The zero-order valence-electron chi connectivity index (χ0n) is 22.0. The Morgan fingerprint density at radius 1 is 1.00 bits per heavy atom. The molecule has 4 aromatic rings. The molecule has 0 atom stereocenters. The van der Waals surface area contributed by atoms with E-state index in [0.717, 1.165) is 78.5 Å². The molecule has 1 amide bonds. The van der Waals surface area contributed by atoms with Gasteiger partial charge < -0.3 is 9.64 Å². The number of benzene rings is 3. The normalized spacial score (nSPS) is 14.4. The highest BCUT2D eigenvalue weighted by atomic mass is 35.5. The van der Waals surface area contributed by atoms with E-state index in [1.54, 1.807) is 36.3 Å². The third-order valence-corrected chi connectivity index (χ3v) is 10.2. The number of carbonyl (C=O) groups is 1. The second-order valence-electron chi connectivity index (χ2n) is 10.0. The number of hydrogen-bond acceptors (Lipinski definition) is 5. The molecule has 5 rings (SSSR count). The van der Waals surface area contributed by atoms with E-state index in [9.17, 15) is 22.0 Å². The van der Waals surface area contributed by atoms with Gasteiger partial charge in [-0.1, -0.05) is 49.1 Å². The van der Waals surface area contributed by atoms with Crippen LogP contribution in [0.5, 0.6) is 5.75 Å². The summed E-state index contributed by atoms with van der Waals surface area (Å²) >= 11 is 7.38. The fourth-order valence-corrected chi connectivity index (χ4v) is 7.42. The van der Waals surface area contributed by atoms with Crippen LogP contribution in [0, 0.1) is 11.6 Å². The van der Waals surface area contributed by atoms with Crippen molar-refractivity contribution in [1.29, 1.82) is 0 Å². The van der Waals surface area contributed by atoms with Crippen molar-refractivity contribution >= 4 is 48.8 Å². The van der Waals surface area contributed by atoms with Crippen molar-refractivity contribution in [3.8, 4) is 16.9 Å². The van der Waals surface area contributed by atoms with Crippen LogP contribution >= 0.6 is 22.9 Å². The lowest BCUT2D eigenvalue weighted by Gasteiger charge is -2.34. The SMILES string of the molecule is COc1ccc(-c2ccc(S(C)(=O)=O)cc2)cc1CN(C(=O)c1sc2c(F)ccc(F)c2c1Cl)C1CCCCC1. The first kappa shape index (κ1) is 28.5. The second kappa shape index (κ2) is 11.5. The average Bonchev–Trinajstić information content (AvgIpc) is 3.31. The Hall–Kier alpha value is -3.01.